The standard InChI is InChI=1S/C13H19ClFNO/c1-9(2)5-12(17)8-16-7-10-6-11(15)3-4-13(10)14/h3-4,6,9,12,16-17H,5,7-8H2,1-2H3. The quantitative estimate of drug-likeness (QED) is 0.823. The Morgan fingerprint density at radius 3 is 2.76 bits per heavy atom. The van der Waals surface area contributed by atoms with Crippen LogP contribution in [0.25, 0.3) is 0 Å². The van der Waals surface area contributed by atoms with Crippen molar-refractivity contribution in [3.8, 4) is 0 Å². The topological polar surface area (TPSA) is 32.3 Å². The Labute approximate surface area is 107 Å². The Hall–Kier alpha value is -0.640. The molecule has 0 aliphatic carbocycles. The Balaban J connectivity index is 2.38. The Kier molecular flexibility index (Phi) is 5.89. The normalized spacial score (nSPS) is 13.1. The Morgan fingerprint density at radius 2 is 2.12 bits per heavy atom. The predicted octanol–water partition coefficient (Wildman–Crippen LogP) is 2.98. The van der Waals surface area contributed by atoms with Gasteiger partial charge in [0.2, 0.25) is 0 Å². The van der Waals surface area contributed by atoms with Crippen molar-refractivity contribution in [2.75, 3.05) is 6.54 Å². The fourth-order valence-corrected chi connectivity index (χ4v) is 1.86. The van der Waals surface area contributed by atoms with Gasteiger partial charge in [0.15, 0.2) is 0 Å². The third kappa shape index (κ3) is 5.48. The van der Waals surface area contributed by atoms with E-state index in [-0.39, 0.29) is 11.9 Å². The van der Waals surface area contributed by atoms with Crippen molar-refractivity contribution in [3.63, 3.8) is 0 Å². The summed E-state index contributed by atoms with van der Waals surface area (Å²) >= 11 is 5.93. The van der Waals surface area contributed by atoms with Crippen molar-refractivity contribution in [2.24, 2.45) is 5.92 Å². The van der Waals surface area contributed by atoms with E-state index in [1.165, 1.54) is 12.1 Å². The molecule has 1 atom stereocenters. The van der Waals surface area contributed by atoms with Crippen molar-refractivity contribution in [1.82, 2.24) is 5.32 Å². The smallest absolute Gasteiger partial charge is 0.123 e. The van der Waals surface area contributed by atoms with E-state index in [0.29, 0.717) is 29.6 Å². The highest BCUT2D eigenvalue weighted by molar-refractivity contribution is 6.31. The number of nitrogens with one attached hydrogen (secondary N) is 1. The van der Waals surface area contributed by atoms with Crippen molar-refractivity contribution in [1.29, 1.82) is 0 Å². The molecule has 2 N–H and O–H groups in total. The van der Waals surface area contributed by atoms with Gasteiger partial charge in [-0.15, -0.1) is 0 Å². The molecule has 0 saturated heterocycles. The number of benzene rings is 1. The molecule has 0 spiro atoms. The zero-order valence-corrected chi connectivity index (χ0v) is 11.0. The van der Waals surface area contributed by atoms with Crippen LogP contribution in [0, 0.1) is 11.7 Å². The molecule has 0 bridgehead atoms. The van der Waals surface area contributed by atoms with Crippen LogP contribution >= 0.6 is 11.6 Å². The van der Waals surface area contributed by atoms with Crippen LogP contribution in [0.15, 0.2) is 18.2 Å². The van der Waals surface area contributed by atoms with E-state index in [0.717, 1.165) is 6.42 Å². The van der Waals surface area contributed by atoms with E-state index < -0.39 is 0 Å². The van der Waals surface area contributed by atoms with Gasteiger partial charge in [0.1, 0.15) is 5.82 Å². The van der Waals surface area contributed by atoms with Crippen LogP contribution in [0.4, 0.5) is 4.39 Å². The van der Waals surface area contributed by atoms with Crippen LogP contribution in [-0.2, 0) is 6.54 Å². The minimum Gasteiger partial charge on any atom is -0.392 e. The first-order valence-electron chi connectivity index (χ1n) is 5.81. The molecule has 4 heteroatoms. The van der Waals surface area contributed by atoms with E-state index >= 15 is 0 Å². The van der Waals surface area contributed by atoms with Gasteiger partial charge in [-0.25, -0.2) is 4.39 Å². The Morgan fingerprint density at radius 1 is 1.41 bits per heavy atom. The number of rotatable bonds is 6. The zero-order chi connectivity index (χ0) is 12.8. The van der Waals surface area contributed by atoms with Crippen LogP contribution < -0.4 is 5.32 Å². The maximum Gasteiger partial charge on any atom is 0.123 e. The molecule has 1 rings (SSSR count). The highest BCUT2D eigenvalue weighted by Gasteiger charge is 2.07. The number of hydrogen-bond acceptors (Lipinski definition) is 2. The molecule has 1 unspecified atom stereocenters. The summed E-state index contributed by atoms with van der Waals surface area (Å²) in [5.74, 6) is 0.165. The summed E-state index contributed by atoms with van der Waals surface area (Å²) in [5, 5.41) is 13.3. The summed E-state index contributed by atoms with van der Waals surface area (Å²) in [6.45, 7) is 5.08. The van der Waals surface area contributed by atoms with Crippen molar-refractivity contribution in [3.05, 3.63) is 34.6 Å². The van der Waals surface area contributed by atoms with E-state index in [1.54, 1.807) is 6.07 Å². The SMILES string of the molecule is CC(C)CC(O)CNCc1cc(F)ccc1Cl. The summed E-state index contributed by atoms with van der Waals surface area (Å²) in [6, 6.07) is 4.28. The molecule has 2 nitrogen and oxygen atoms in total. The molecule has 96 valence electrons. The highest BCUT2D eigenvalue weighted by Crippen LogP contribution is 2.16. The lowest BCUT2D eigenvalue weighted by Gasteiger charge is -2.14. The van der Waals surface area contributed by atoms with Crippen molar-refractivity contribution >= 4 is 11.6 Å². The van der Waals surface area contributed by atoms with Crippen LogP contribution in [0.5, 0.6) is 0 Å². The van der Waals surface area contributed by atoms with Crippen LogP contribution in [0.3, 0.4) is 0 Å². The molecule has 0 saturated carbocycles. The maximum atomic E-state index is 13.0. The number of hydrogen-bond donors (Lipinski definition) is 2. The molecule has 0 aliphatic rings. The van der Waals surface area contributed by atoms with Gasteiger partial charge in [-0.1, -0.05) is 25.4 Å². The van der Waals surface area contributed by atoms with E-state index in [9.17, 15) is 9.50 Å². The summed E-state index contributed by atoms with van der Waals surface area (Å²) < 4.78 is 13.0. The monoisotopic (exact) mass is 259 g/mol. The fraction of sp³-hybridized carbons (Fsp3) is 0.538. The molecule has 0 radical (unpaired) electrons. The van der Waals surface area contributed by atoms with Gasteiger partial charge in [0.25, 0.3) is 0 Å². The van der Waals surface area contributed by atoms with Crippen molar-refractivity contribution < 1.29 is 9.50 Å². The summed E-state index contributed by atoms with van der Waals surface area (Å²) in [4.78, 5) is 0. The van der Waals surface area contributed by atoms with Crippen LogP contribution in [-0.4, -0.2) is 17.8 Å². The van der Waals surface area contributed by atoms with Crippen LogP contribution in [0.1, 0.15) is 25.8 Å². The Bertz CT molecular complexity index is 357. The first kappa shape index (κ1) is 14.4. The van der Waals surface area contributed by atoms with Gasteiger partial charge < -0.3 is 10.4 Å². The second-order valence-electron chi connectivity index (χ2n) is 4.65. The molecule has 0 heterocycles. The minimum absolute atomic E-state index is 0.297. The molecule has 0 fully saturated rings. The van der Waals surface area contributed by atoms with Gasteiger partial charge in [-0.3, -0.25) is 0 Å². The average molecular weight is 260 g/mol. The first-order chi connectivity index (χ1) is 7.99. The highest BCUT2D eigenvalue weighted by atomic mass is 35.5. The largest absolute Gasteiger partial charge is 0.392 e. The maximum absolute atomic E-state index is 13.0. The molecule has 0 amide bonds. The molecule has 1 aromatic carbocycles. The lowest BCUT2D eigenvalue weighted by atomic mass is 10.1. The summed E-state index contributed by atoms with van der Waals surface area (Å²) in [7, 11) is 0. The van der Waals surface area contributed by atoms with Crippen molar-refractivity contribution in [2.45, 2.75) is 32.9 Å². The van der Waals surface area contributed by atoms with E-state index in [1.807, 2.05) is 0 Å². The molecule has 0 aliphatic heterocycles. The average Bonchev–Trinajstić information content (AvgIpc) is 2.22. The van der Waals surface area contributed by atoms with Crippen LogP contribution in [0.2, 0.25) is 5.02 Å². The molecule has 1 aromatic rings. The van der Waals surface area contributed by atoms with E-state index in [4.69, 9.17) is 11.6 Å². The van der Waals surface area contributed by atoms with Gasteiger partial charge in [-0.05, 0) is 36.1 Å². The summed E-state index contributed by atoms with van der Waals surface area (Å²) in [6.07, 6.45) is 0.381. The van der Waals surface area contributed by atoms with Gasteiger partial charge in [-0.2, -0.15) is 0 Å². The molecular formula is C13H19ClFNO. The predicted molar refractivity (Wildman–Crippen MR) is 68.6 cm³/mol. The third-order valence-corrected chi connectivity index (χ3v) is 2.82. The van der Waals surface area contributed by atoms with Gasteiger partial charge in [0, 0.05) is 18.1 Å². The lowest BCUT2D eigenvalue weighted by molar-refractivity contribution is 0.146. The van der Waals surface area contributed by atoms with Gasteiger partial charge in [0.05, 0.1) is 6.10 Å². The second kappa shape index (κ2) is 6.94. The first-order valence-corrected chi connectivity index (χ1v) is 6.19. The fourth-order valence-electron chi connectivity index (χ4n) is 1.68. The second-order valence-corrected chi connectivity index (χ2v) is 5.06. The molecular weight excluding hydrogens is 241 g/mol. The zero-order valence-electron chi connectivity index (χ0n) is 10.2. The molecule has 17 heavy (non-hydrogen) atoms. The van der Waals surface area contributed by atoms with Gasteiger partial charge >= 0.3 is 0 Å². The number of aliphatic hydroxyl groups is 1. The lowest BCUT2D eigenvalue weighted by Crippen LogP contribution is -2.27. The number of aliphatic hydroxyl groups excluding tert-OH is 1. The third-order valence-electron chi connectivity index (χ3n) is 2.45. The van der Waals surface area contributed by atoms with E-state index in [2.05, 4.69) is 19.2 Å². The summed E-state index contributed by atoms with van der Waals surface area (Å²) in [5.41, 5.74) is 0.711. The minimum atomic E-state index is -0.373. The number of halogens is 2. The molecule has 0 aromatic heterocycles.